The number of piperidine rings is 1. The Morgan fingerprint density at radius 3 is 2.27 bits per heavy atom. The summed E-state index contributed by atoms with van der Waals surface area (Å²) >= 11 is 12.4. The highest BCUT2D eigenvalue weighted by molar-refractivity contribution is 6.30. The number of carboxylic acid groups (broad SMARTS) is 1. The molecule has 1 amide bonds. The summed E-state index contributed by atoms with van der Waals surface area (Å²) in [7, 11) is 0. The zero-order valence-corrected chi connectivity index (χ0v) is 22.2. The highest BCUT2D eigenvalue weighted by Crippen LogP contribution is 2.53. The molecule has 2 aromatic carbocycles. The quantitative estimate of drug-likeness (QED) is 0.364. The van der Waals surface area contributed by atoms with E-state index >= 15 is 0 Å². The van der Waals surface area contributed by atoms with Gasteiger partial charge in [0.05, 0.1) is 17.9 Å². The minimum Gasteiger partial charge on any atom is -0.481 e. The fourth-order valence-electron chi connectivity index (χ4n) is 5.29. The van der Waals surface area contributed by atoms with Gasteiger partial charge >= 0.3 is 12.1 Å². The maximum atomic E-state index is 14.1. The molecule has 2 aromatic rings. The maximum Gasteiger partial charge on any atom is 0.416 e. The van der Waals surface area contributed by atoms with Gasteiger partial charge in [-0.25, -0.2) is 0 Å². The number of amides is 1. The topological polar surface area (TPSA) is 77.8 Å². The van der Waals surface area contributed by atoms with Crippen molar-refractivity contribution in [2.45, 2.75) is 76.2 Å². The van der Waals surface area contributed by atoms with Crippen molar-refractivity contribution in [3.8, 4) is 0 Å². The number of aliphatic carboxylic acids is 1. The van der Waals surface area contributed by atoms with Gasteiger partial charge in [0, 0.05) is 28.4 Å². The van der Waals surface area contributed by atoms with Crippen molar-refractivity contribution in [3.63, 3.8) is 0 Å². The van der Waals surface area contributed by atoms with Crippen molar-refractivity contribution in [1.29, 1.82) is 0 Å². The van der Waals surface area contributed by atoms with Crippen LogP contribution in [0, 0.1) is 5.41 Å². The molecule has 5 atom stereocenters. The number of rotatable bonds is 8. The highest BCUT2D eigenvalue weighted by atomic mass is 35.5. The van der Waals surface area contributed by atoms with E-state index in [0.717, 1.165) is 5.56 Å². The molecule has 202 valence electrons. The van der Waals surface area contributed by atoms with Crippen LogP contribution in [0.2, 0.25) is 10.0 Å². The molecule has 0 unspecified atom stereocenters. The summed E-state index contributed by atoms with van der Waals surface area (Å²) in [5.41, 5.74) is -3.12. The van der Waals surface area contributed by atoms with Crippen LogP contribution >= 0.6 is 23.2 Å². The van der Waals surface area contributed by atoms with Crippen molar-refractivity contribution >= 4 is 35.1 Å². The molecule has 37 heavy (non-hydrogen) atoms. The van der Waals surface area contributed by atoms with Crippen LogP contribution in [0.5, 0.6) is 0 Å². The van der Waals surface area contributed by atoms with E-state index in [4.69, 9.17) is 23.2 Å². The Bertz CT molecular complexity index is 1140. The predicted octanol–water partition coefficient (Wildman–Crippen LogP) is 7.01. The smallest absolute Gasteiger partial charge is 0.416 e. The van der Waals surface area contributed by atoms with Crippen LogP contribution in [0.25, 0.3) is 0 Å². The Labute approximate surface area is 224 Å². The number of likely N-dealkylation sites (tertiary alicyclic amines) is 1. The van der Waals surface area contributed by atoms with E-state index in [0.29, 0.717) is 22.5 Å². The Kier molecular flexibility index (Phi) is 8.57. The molecule has 1 fully saturated rings. The van der Waals surface area contributed by atoms with Crippen LogP contribution in [0.3, 0.4) is 0 Å². The number of aliphatic hydroxyl groups is 1. The summed E-state index contributed by atoms with van der Waals surface area (Å²) in [5, 5.41) is 20.9. The van der Waals surface area contributed by atoms with Crippen LogP contribution in [-0.4, -0.2) is 44.8 Å². The van der Waals surface area contributed by atoms with Gasteiger partial charge in [-0.15, -0.1) is 0 Å². The number of nitrogens with zero attached hydrogens (tertiary/aromatic N) is 1. The molecule has 3 rings (SSSR count). The second kappa shape index (κ2) is 10.8. The average molecular weight is 560 g/mol. The lowest BCUT2D eigenvalue weighted by Crippen LogP contribution is -2.58. The molecule has 1 heterocycles. The summed E-state index contributed by atoms with van der Waals surface area (Å²) in [4.78, 5) is 27.2. The number of hydrogen-bond acceptors (Lipinski definition) is 3. The molecular weight excluding hydrogens is 530 g/mol. The SMILES string of the molecule is CC[C@@H](C[C@](C)(O)C(F)(F)F)N1C(=O)[C@@](C)(CC(=O)O)C[C@H](c2cccc(Cl)c2)[C@H]1c1ccc(Cl)cc1. The van der Waals surface area contributed by atoms with Gasteiger partial charge in [-0.1, -0.05) is 61.3 Å². The van der Waals surface area contributed by atoms with Crippen molar-refractivity contribution in [2.24, 2.45) is 5.41 Å². The van der Waals surface area contributed by atoms with E-state index in [1.807, 2.05) is 0 Å². The lowest BCUT2D eigenvalue weighted by molar-refractivity contribution is -0.259. The number of hydrogen-bond donors (Lipinski definition) is 2. The zero-order chi connectivity index (χ0) is 27.8. The molecule has 0 aliphatic carbocycles. The monoisotopic (exact) mass is 559 g/mol. The molecule has 1 aliphatic heterocycles. The van der Waals surface area contributed by atoms with Crippen LogP contribution in [0.4, 0.5) is 13.2 Å². The third-order valence-corrected chi connectivity index (χ3v) is 7.73. The van der Waals surface area contributed by atoms with Gasteiger partial charge in [-0.05, 0) is 55.2 Å². The van der Waals surface area contributed by atoms with Crippen LogP contribution in [-0.2, 0) is 9.59 Å². The maximum absolute atomic E-state index is 14.1. The lowest BCUT2D eigenvalue weighted by atomic mass is 9.66. The standard InChI is InChI=1S/C27H30Cl2F3NO4/c1-4-20(13-26(3,37)27(30,31)32)33-23(16-8-10-18(28)11-9-16)21(17-6-5-7-19(29)12-17)14-25(2,24(33)36)15-22(34)35/h5-12,20-21,23,37H,4,13-15H2,1-3H3,(H,34,35)/t20-,21+,23+,25+,26-/m0/s1. The average Bonchev–Trinajstić information content (AvgIpc) is 2.78. The van der Waals surface area contributed by atoms with Gasteiger partial charge in [0.25, 0.3) is 0 Å². The first-order valence-corrected chi connectivity index (χ1v) is 12.7. The summed E-state index contributed by atoms with van der Waals surface area (Å²) in [6.07, 6.45) is -5.96. The van der Waals surface area contributed by atoms with Crippen LogP contribution < -0.4 is 0 Å². The summed E-state index contributed by atoms with van der Waals surface area (Å²) in [6, 6.07) is 11.8. The van der Waals surface area contributed by atoms with Crippen molar-refractivity contribution in [3.05, 3.63) is 69.7 Å². The second-order valence-electron chi connectivity index (χ2n) is 10.2. The van der Waals surface area contributed by atoms with Crippen LogP contribution in [0.1, 0.15) is 69.5 Å². The first-order chi connectivity index (χ1) is 17.1. The van der Waals surface area contributed by atoms with Crippen molar-refractivity contribution < 1.29 is 33.0 Å². The molecule has 0 saturated carbocycles. The number of benzene rings is 2. The fourth-order valence-corrected chi connectivity index (χ4v) is 5.62. The van der Waals surface area contributed by atoms with E-state index in [1.54, 1.807) is 55.5 Å². The Morgan fingerprint density at radius 1 is 1.14 bits per heavy atom. The molecule has 2 N–H and O–H groups in total. The summed E-state index contributed by atoms with van der Waals surface area (Å²) < 4.78 is 41.1. The van der Waals surface area contributed by atoms with E-state index in [-0.39, 0.29) is 12.8 Å². The summed E-state index contributed by atoms with van der Waals surface area (Å²) in [6.45, 7) is 3.85. The third-order valence-electron chi connectivity index (χ3n) is 7.24. The van der Waals surface area contributed by atoms with Gasteiger partial charge in [0.15, 0.2) is 5.60 Å². The van der Waals surface area contributed by atoms with E-state index in [1.165, 1.54) is 11.8 Å². The highest BCUT2D eigenvalue weighted by Gasteiger charge is 2.56. The molecule has 0 bridgehead atoms. The second-order valence-corrected chi connectivity index (χ2v) is 11.1. The number of carboxylic acids is 1. The Balaban J connectivity index is 2.25. The molecular formula is C27H30Cl2F3NO4. The summed E-state index contributed by atoms with van der Waals surface area (Å²) in [5.74, 6) is -2.26. The number of carbonyl (C=O) groups excluding carboxylic acids is 1. The fraction of sp³-hybridized carbons (Fsp3) is 0.481. The number of alkyl halides is 3. The first-order valence-electron chi connectivity index (χ1n) is 11.9. The number of halogens is 5. The molecule has 5 nitrogen and oxygen atoms in total. The molecule has 1 saturated heterocycles. The zero-order valence-electron chi connectivity index (χ0n) is 20.7. The van der Waals surface area contributed by atoms with Gasteiger partial charge in [-0.2, -0.15) is 13.2 Å². The predicted molar refractivity (Wildman–Crippen MR) is 136 cm³/mol. The molecule has 1 aliphatic rings. The van der Waals surface area contributed by atoms with E-state index in [2.05, 4.69) is 0 Å². The van der Waals surface area contributed by atoms with Crippen molar-refractivity contribution in [1.82, 2.24) is 4.90 Å². The normalized spacial score (nSPS) is 25.0. The first kappa shape index (κ1) is 29.3. The van der Waals surface area contributed by atoms with Gasteiger partial charge < -0.3 is 15.1 Å². The minimum absolute atomic E-state index is 0.105. The molecule has 10 heteroatoms. The van der Waals surface area contributed by atoms with Gasteiger partial charge in [-0.3, -0.25) is 9.59 Å². The van der Waals surface area contributed by atoms with E-state index < -0.39 is 59.9 Å². The Hall–Kier alpha value is -2.29. The largest absolute Gasteiger partial charge is 0.481 e. The van der Waals surface area contributed by atoms with E-state index in [9.17, 15) is 33.0 Å². The van der Waals surface area contributed by atoms with Crippen LogP contribution in [0.15, 0.2) is 48.5 Å². The molecule has 0 aromatic heterocycles. The lowest BCUT2D eigenvalue weighted by Gasteiger charge is -2.52. The molecule has 0 spiro atoms. The molecule has 0 radical (unpaired) electrons. The number of carbonyl (C=O) groups is 2. The van der Waals surface area contributed by atoms with Gasteiger partial charge in [0.1, 0.15) is 0 Å². The Morgan fingerprint density at radius 2 is 1.76 bits per heavy atom. The van der Waals surface area contributed by atoms with Gasteiger partial charge in [0.2, 0.25) is 5.91 Å². The third kappa shape index (κ3) is 6.24. The minimum atomic E-state index is -4.92. The van der Waals surface area contributed by atoms with Crippen molar-refractivity contribution in [2.75, 3.05) is 0 Å².